The molecule has 0 aliphatic rings. The van der Waals surface area contributed by atoms with Gasteiger partial charge in [0.2, 0.25) is 0 Å². The van der Waals surface area contributed by atoms with Crippen molar-refractivity contribution >= 4 is 30.5 Å². The van der Waals surface area contributed by atoms with Crippen LogP contribution in [0.2, 0.25) is 0 Å². The molecule has 0 amide bonds. The van der Waals surface area contributed by atoms with Crippen LogP contribution in [-0.4, -0.2) is 24.2 Å². The van der Waals surface area contributed by atoms with E-state index in [2.05, 4.69) is 0 Å². The van der Waals surface area contributed by atoms with Crippen LogP contribution in [0.4, 0.5) is 0 Å². The maximum absolute atomic E-state index is 13.1. The van der Waals surface area contributed by atoms with Gasteiger partial charge < -0.3 is 9.47 Å². The van der Waals surface area contributed by atoms with Crippen molar-refractivity contribution in [2.24, 2.45) is 0 Å². The van der Waals surface area contributed by atoms with Gasteiger partial charge in [-0.1, -0.05) is 54.6 Å². The summed E-state index contributed by atoms with van der Waals surface area (Å²) in [6.45, 7) is 4.39. The molecule has 160 valence electrons. The summed E-state index contributed by atoms with van der Waals surface area (Å²) in [4.78, 5) is 17.9. The minimum atomic E-state index is -0.527. The number of aromatic nitrogens is 1. The molecule has 0 unspecified atom stereocenters. The molecule has 0 aliphatic heterocycles. The molecule has 0 aliphatic carbocycles. The summed E-state index contributed by atoms with van der Waals surface area (Å²) in [7, 11) is -0.148. The van der Waals surface area contributed by atoms with E-state index in [4.69, 9.17) is 14.5 Å². The summed E-state index contributed by atoms with van der Waals surface area (Å²) in [5, 5.41) is 2.06. The predicted octanol–water partition coefficient (Wildman–Crippen LogP) is 6.06. The minimum absolute atomic E-state index is 0.148. The Bertz CT molecular complexity index is 1290. The average Bonchev–Trinajstić information content (AvgIpc) is 2.84. The smallest absolute Gasteiger partial charge is 0.357 e. The molecular weight excluding hydrogens is 421 g/mol. The van der Waals surface area contributed by atoms with Gasteiger partial charge in [-0.3, -0.25) is 4.57 Å². The van der Waals surface area contributed by atoms with E-state index in [0.717, 1.165) is 16.5 Å². The quantitative estimate of drug-likeness (QED) is 0.257. The Balaban J connectivity index is 2.17. The van der Waals surface area contributed by atoms with Crippen molar-refractivity contribution in [1.29, 1.82) is 0 Å². The molecule has 0 atom stereocenters. The first-order valence-electron chi connectivity index (χ1n) is 10.4. The van der Waals surface area contributed by atoms with Crippen LogP contribution in [0.25, 0.3) is 33.2 Å². The monoisotopic (exact) mass is 443 g/mol. The lowest BCUT2D eigenvalue weighted by atomic mass is 9.93. The highest BCUT2D eigenvalue weighted by Crippen LogP contribution is 2.39. The molecule has 6 heteroatoms. The lowest BCUT2D eigenvalue weighted by molar-refractivity contribution is 0.0521. The van der Waals surface area contributed by atoms with Gasteiger partial charge in [-0.15, -0.1) is 0 Å². The molecule has 0 radical (unpaired) electrons. The Hall–Kier alpha value is -3.56. The maximum Gasteiger partial charge on any atom is 0.357 e. The number of hydrogen-bond donors (Lipinski definition) is 0. The Morgan fingerprint density at radius 3 is 2.38 bits per heavy atom. The molecule has 4 rings (SSSR count). The number of carbonyl (C=O) groups is 1. The number of fused-ring (bicyclic) bond motifs is 1. The topological polar surface area (TPSA) is 65.5 Å². The van der Waals surface area contributed by atoms with Crippen molar-refractivity contribution in [3.05, 3.63) is 78.5 Å². The van der Waals surface area contributed by atoms with E-state index >= 15 is 0 Å². The van der Waals surface area contributed by atoms with E-state index in [1.807, 2.05) is 73.7 Å². The van der Waals surface area contributed by atoms with Gasteiger partial charge in [0, 0.05) is 21.9 Å². The zero-order valence-corrected chi connectivity index (χ0v) is 18.8. The Morgan fingerprint density at radius 1 is 0.906 bits per heavy atom. The number of nitrogens with zero attached hydrogens (tertiary/aromatic N) is 1. The van der Waals surface area contributed by atoms with Crippen molar-refractivity contribution in [2.75, 3.05) is 13.2 Å². The molecule has 0 saturated carbocycles. The van der Waals surface area contributed by atoms with Gasteiger partial charge in [0.25, 0.3) is 0 Å². The summed E-state index contributed by atoms with van der Waals surface area (Å²) in [6.07, 6.45) is 0. The first-order chi connectivity index (χ1) is 15.7. The number of pyridine rings is 1. The van der Waals surface area contributed by atoms with E-state index in [0.29, 0.717) is 34.3 Å². The largest absolute Gasteiger partial charge is 0.493 e. The number of ether oxygens (including phenoxy) is 2. The second-order valence-corrected chi connectivity index (χ2v) is 7.66. The zero-order chi connectivity index (χ0) is 22.5. The highest BCUT2D eigenvalue weighted by molar-refractivity contribution is 7.35. The van der Waals surface area contributed by atoms with Crippen LogP contribution in [0.5, 0.6) is 5.75 Å². The van der Waals surface area contributed by atoms with Crippen LogP contribution < -0.4 is 10.0 Å². The lowest BCUT2D eigenvalue weighted by Crippen LogP contribution is -2.13. The van der Waals surface area contributed by atoms with E-state index in [9.17, 15) is 9.36 Å². The fourth-order valence-corrected chi connectivity index (χ4v) is 4.28. The summed E-state index contributed by atoms with van der Waals surface area (Å²) >= 11 is 0. The normalized spacial score (nSPS) is 10.9. The van der Waals surface area contributed by atoms with Crippen LogP contribution in [0.3, 0.4) is 0 Å². The van der Waals surface area contributed by atoms with E-state index < -0.39 is 5.97 Å². The van der Waals surface area contributed by atoms with Gasteiger partial charge in [-0.2, -0.15) is 0 Å². The molecule has 0 bridgehead atoms. The zero-order valence-electron chi connectivity index (χ0n) is 17.9. The third kappa shape index (κ3) is 4.00. The minimum Gasteiger partial charge on any atom is -0.493 e. The van der Waals surface area contributed by atoms with E-state index in [1.54, 1.807) is 13.0 Å². The number of hydrogen-bond acceptors (Lipinski definition) is 5. The van der Waals surface area contributed by atoms with Gasteiger partial charge in [-0.05, 0) is 37.6 Å². The SMILES string of the molecule is CCOC(=O)c1nc(-c2ccccc2OCC)c2cccc(P=O)c2c1-c1ccccc1. The van der Waals surface area contributed by atoms with Crippen LogP contribution in [-0.2, 0) is 9.30 Å². The molecular formula is C26H22NO4P. The van der Waals surface area contributed by atoms with Crippen molar-refractivity contribution in [3.8, 4) is 28.1 Å². The van der Waals surface area contributed by atoms with Crippen molar-refractivity contribution in [3.63, 3.8) is 0 Å². The third-order valence-electron chi connectivity index (χ3n) is 5.08. The first kappa shape index (κ1) is 21.7. The Kier molecular flexibility index (Phi) is 6.58. The van der Waals surface area contributed by atoms with Gasteiger partial charge >= 0.3 is 5.97 Å². The first-order valence-corrected chi connectivity index (χ1v) is 11.3. The van der Waals surface area contributed by atoms with Gasteiger partial charge in [0.05, 0.1) is 24.2 Å². The lowest BCUT2D eigenvalue weighted by Gasteiger charge is -2.18. The molecule has 0 N–H and O–H groups in total. The molecule has 0 fully saturated rings. The van der Waals surface area contributed by atoms with Crippen molar-refractivity contribution in [2.45, 2.75) is 13.8 Å². The number of rotatable bonds is 7. The standard InChI is InChI=1S/C26H22NO4P/c1-3-30-20-15-9-8-13-18(20)24-19-14-10-16-21(32-29)23(19)22(17-11-6-5-7-12-17)25(27-24)26(28)31-4-2/h5-16H,3-4H2,1-2H3. The molecule has 5 nitrogen and oxygen atoms in total. The molecule has 0 spiro atoms. The fraction of sp³-hybridized carbons (Fsp3) is 0.154. The van der Waals surface area contributed by atoms with Gasteiger partial charge in [0.1, 0.15) is 5.75 Å². The highest BCUT2D eigenvalue weighted by Gasteiger charge is 2.25. The fourth-order valence-electron chi connectivity index (χ4n) is 3.80. The molecule has 32 heavy (non-hydrogen) atoms. The molecule has 1 heterocycles. The van der Waals surface area contributed by atoms with Crippen molar-refractivity contribution < 1.29 is 18.8 Å². The van der Waals surface area contributed by atoms with Gasteiger partial charge in [-0.25, -0.2) is 9.78 Å². The van der Waals surface area contributed by atoms with E-state index in [-0.39, 0.29) is 20.8 Å². The number of benzene rings is 3. The van der Waals surface area contributed by atoms with Crippen LogP contribution >= 0.6 is 8.46 Å². The summed E-state index contributed by atoms with van der Waals surface area (Å²) < 4.78 is 23.4. The van der Waals surface area contributed by atoms with Gasteiger partial charge in [0.15, 0.2) is 14.2 Å². The van der Waals surface area contributed by atoms with E-state index in [1.165, 1.54) is 0 Å². The number of carbonyl (C=O) groups excluding carboxylic acids is 1. The number of para-hydroxylation sites is 1. The Morgan fingerprint density at radius 2 is 1.66 bits per heavy atom. The second kappa shape index (κ2) is 9.71. The predicted molar refractivity (Wildman–Crippen MR) is 127 cm³/mol. The highest BCUT2D eigenvalue weighted by atomic mass is 31.1. The summed E-state index contributed by atoms with van der Waals surface area (Å²) in [5.41, 5.74) is 2.92. The average molecular weight is 443 g/mol. The molecule has 0 saturated heterocycles. The van der Waals surface area contributed by atoms with Crippen LogP contribution in [0.15, 0.2) is 72.8 Å². The van der Waals surface area contributed by atoms with Crippen molar-refractivity contribution in [1.82, 2.24) is 4.98 Å². The number of esters is 1. The maximum atomic E-state index is 13.1. The molecule has 4 aromatic rings. The molecule has 1 aromatic heterocycles. The third-order valence-corrected chi connectivity index (χ3v) is 5.65. The second-order valence-electron chi connectivity index (χ2n) is 6.99. The Labute approximate surface area is 188 Å². The van der Waals surface area contributed by atoms with Crippen LogP contribution in [0, 0.1) is 0 Å². The van der Waals surface area contributed by atoms with Crippen LogP contribution in [0.1, 0.15) is 24.3 Å². The molecule has 3 aromatic carbocycles. The summed E-state index contributed by atoms with van der Waals surface area (Å²) in [5.74, 6) is 0.136. The summed E-state index contributed by atoms with van der Waals surface area (Å²) in [6, 6.07) is 22.6.